The van der Waals surface area contributed by atoms with Gasteiger partial charge in [-0.15, -0.1) is 0 Å². The van der Waals surface area contributed by atoms with Crippen LogP contribution in [0.4, 0.5) is 23.8 Å². The van der Waals surface area contributed by atoms with Gasteiger partial charge in [-0.3, -0.25) is 0 Å². The van der Waals surface area contributed by atoms with Crippen LogP contribution < -0.4 is 10.2 Å². The van der Waals surface area contributed by atoms with Gasteiger partial charge in [0.2, 0.25) is 0 Å². The highest BCUT2D eigenvalue weighted by molar-refractivity contribution is 6.33. The first kappa shape index (κ1) is 18.6. The van der Waals surface area contributed by atoms with E-state index in [1.165, 1.54) is 0 Å². The maximum atomic E-state index is 12.6. The van der Waals surface area contributed by atoms with Gasteiger partial charge in [0.25, 0.3) is 0 Å². The number of nitrogens with one attached hydrogen (secondary N) is 1. The van der Waals surface area contributed by atoms with Crippen LogP contribution in [0.2, 0.25) is 5.02 Å². The van der Waals surface area contributed by atoms with Gasteiger partial charge >= 0.3 is 12.3 Å². The van der Waals surface area contributed by atoms with Crippen molar-refractivity contribution in [2.24, 2.45) is 0 Å². The van der Waals surface area contributed by atoms with Crippen molar-refractivity contribution in [1.29, 1.82) is 0 Å². The lowest BCUT2D eigenvalue weighted by atomic mass is 10.2. The lowest BCUT2D eigenvalue weighted by Gasteiger charge is -2.22. The molecule has 0 unspecified atom stereocenters. The van der Waals surface area contributed by atoms with Crippen LogP contribution in [-0.4, -0.2) is 35.8 Å². The predicted molar refractivity (Wildman–Crippen MR) is 84.2 cm³/mol. The second-order valence-electron chi connectivity index (χ2n) is 6.61. The Morgan fingerprint density at radius 3 is 2.62 bits per heavy atom. The second kappa shape index (κ2) is 6.66. The highest BCUT2D eigenvalue weighted by Crippen LogP contribution is 2.34. The summed E-state index contributed by atoms with van der Waals surface area (Å²) in [5, 5.41) is 2.67. The monoisotopic (exact) mass is 365 g/mol. The van der Waals surface area contributed by atoms with Crippen LogP contribution in [0.25, 0.3) is 0 Å². The number of hydrogen-bond donors (Lipinski definition) is 1. The zero-order valence-electron chi connectivity index (χ0n) is 13.6. The van der Waals surface area contributed by atoms with Crippen LogP contribution >= 0.6 is 11.6 Å². The van der Waals surface area contributed by atoms with Gasteiger partial charge in [0.1, 0.15) is 11.4 Å². The number of carbonyl (C=O) groups is 1. The van der Waals surface area contributed by atoms with Crippen molar-refractivity contribution in [3.05, 3.63) is 22.8 Å². The number of anilines is 1. The Labute approximate surface area is 143 Å². The van der Waals surface area contributed by atoms with Gasteiger partial charge < -0.3 is 15.0 Å². The molecular formula is C15H19ClF3N3O2. The fourth-order valence-corrected chi connectivity index (χ4v) is 2.65. The minimum absolute atomic E-state index is 0.0669. The molecule has 0 radical (unpaired) electrons. The fraction of sp³-hybridized carbons (Fsp3) is 0.600. The van der Waals surface area contributed by atoms with Crippen LogP contribution in [0.5, 0.6) is 0 Å². The number of alkyl halides is 3. The highest BCUT2D eigenvalue weighted by atomic mass is 35.5. The Morgan fingerprint density at radius 2 is 2.08 bits per heavy atom. The van der Waals surface area contributed by atoms with E-state index >= 15 is 0 Å². The summed E-state index contributed by atoms with van der Waals surface area (Å²) in [5.74, 6) is 0.276. The highest BCUT2D eigenvalue weighted by Gasteiger charge is 2.33. The number of hydrogen-bond acceptors (Lipinski definition) is 4. The maximum absolute atomic E-state index is 12.6. The van der Waals surface area contributed by atoms with Gasteiger partial charge in [-0.05, 0) is 33.3 Å². The molecule has 1 aromatic rings. The van der Waals surface area contributed by atoms with Crippen LogP contribution in [-0.2, 0) is 10.9 Å². The molecule has 134 valence electrons. The molecule has 9 heteroatoms. The third-order valence-electron chi connectivity index (χ3n) is 3.36. The van der Waals surface area contributed by atoms with Crippen molar-refractivity contribution in [2.75, 3.05) is 18.0 Å². The molecule has 1 aliphatic heterocycles. The number of halogens is 4. The summed E-state index contributed by atoms with van der Waals surface area (Å²) in [6.07, 6.45) is -3.63. The van der Waals surface area contributed by atoms with Crippen LogP contribution in [0.15, 0.2) is 12.3 Å². The first-order valence-electron chi connectivity index (χ1n) is 7.43. The minimum Gasteiger partial charge on any atom is -0.444 e. The molecule has 1 N–H and O–H groups in total. The summed E-state index contributed by atoms with van der Waals surface area (Å²) >= 11 is 5.94. The Balaban J connectivity index is 2.00. The third-order valence-corrected chi connectivity index (χ3v) is 3.64. The van der Waals surface area contributed by atoms with Gasteiger partial charge in [0.05, 0.1) is 16.6 Å². The van der Waals surface area contributed by atoms with Crippen LogP contribution in [0.1, 0.15) is 32.8 Å². The molecule has 0 saturated carbocycles. The van der Waals surface area contributed by atoms with Crippen molar-refractivity contribution >= 4 is 23.5 Å². The van der Waals surface area contributed by atoms with Crippen molar-refractivity contribution in [1.82, 2.24) is 10.3 Å². The first-order chi connectivity index (χ1) is 11.0. The van der Waals surface area contributed by atoms with Crippen LogP contribution in [0, 0.1) is 0 Å². The molecule has 1 saturated heterocycles. The normalized spacial score (nSPS) is 18.6. The summed E-state index contributed by atoms with van der Waals surface area (Å²) < 4.78 is 43.1. The number of rotatable bonds is 2. The quantitative estimate of drug-likeness (QED) is 0.864. The Kier molecular flexibility index (Phi) is 5.17. The molecule has 1 amide bonds. The lowest BCUT2D eigenvalue weighted by Crippen LogP contribution is -2.40. The summed E-state index contributed by atoms with van der Waals surface area (Å²) in [4.78, 5) is 17.3. The fourth-order valence-electron chi connectivity index (χ4n) is 2.36. The van der Waals surface area contributed by atoms with Gasteiger partial charge in [-0.2, -0.15) is 13.2 Å². The molecule has 5 nitrogen and oxygen atoms in total. The van der Waals surface area contributed by atoms with E-state index in [0.717, 1.165) is 12.3 Å². The van der Waals surface area contributed by atoms with Crippen molar-refractivity contribution in [3.63, 3.8) is 0 Å². The number of alkyl carbamates (subject to hydrolysis) is 1. The summed E-state index contributed by atoms with van der Waals surface area (Å²) in [6, 6.07) is 0.679. The van der Waals surface area contributed by atoms with Gasteiger partial charge in [-0.1, -0.05) is 11.6 Å². The number of pyridine rings is 1. The Bertz CT molecular complexity index is 617. The Hall–Kier alpha value is -1.70. The van der Waals surface area contributed by atoms with Crippen molar-refractivity contribution < 1.29 is 22.7 Å². The van der Waals surface area contributed by atoms with E-state index in [9.17, 15) is 18.0 Å². The third kappa shape index (κ3) is 4.90. The molecule has 0 aromatic carbocycles. The average molecular weight is 366 g/mol. The predicted octanol–water partition coefficient (Wildman–Crippen LogP) is 3.86. The molecule has 2 heterocycles. The lowest BCUT2D eigenvalue weighted by molar-refractivity contribution is -0.137. The van der Waals surface area contributed by atoms with E-state index in [1.807, 2.05) is 0 Å². The van der Waals surface area contributed by atoms with E-state index in [4.69, 9.17) is 16.3 Å². The molecule has 24 heavy (non-hydrogen) atoms. The van der Waals surface area contributed by atoms with Crippen molar-refractivity contribution in [2.45, 2.75) is 45.0 Å². The van der Waals surface area contributed by atoms with E-state index in [2.05, 4.69) is 10.3 Å². The largest absolute Gasteiger partial charge is 0.444 e. The number of carbonyl (C=O) groups excluding carboxylic acids is 1. The van der Waals surface area contributed by atoms with Gasteiger partial charge in [-0.25, -0.2) is 9.78 Å². The van der Waals surface area contributed by atoms with Crippen LogP contribution in [0.3, 0.4) is 0 Å². The molecule has 1 aliphatic rings. The van der Waals surface area contributed by atoms with Crippen molar-refractivity contribution in [3.8, 4) is 0 Å². The van der Waals surface area contributed by atoms with E-state index in [0.29, 0.717) is 19.5 Å². The standard InChI is InChI=1S/C15H19ClF3N3O2/c1-14(2,3)24-13(23)21-10-4-5-22(8-10)12-11(16)6-9(7-20-12)15(17,18)19/h6-7,10H,4-5,8H2,1-3H3,(H,21,23)/t10-/m0/s1. The number of aromatic nitrogens is 1. The summed E-state index contributed by atoms with van der Waals surface area (Å²) in [7, 11) is 0. The molecule has 0 bridgehead atoms. The minimum atomic E-state index is -4.49. The molecular weight excluding hydrogens is 347 g/mol. The van der Waals surface area contributed by atoms with E-state index < -0.39 is 23.4 Å². The average Bonchev–Trinajstić information content (AvgIpc) is 2.83. The SMILES string of the molecule is CC(C)(C)OC(=O)N[C@H]1CCN(c2ncc(C(F)(F)F)cc2Cl)C1. The Morgan fingerprint density at radius 1 is 1.42 bits per heavy atom. The first-order valence-corrected chi connectivity index (χ1v) is 7.81. The number of ether oxygens (including phenoxy) is 1. The van der Waals surface area contributed by atoms with E-state index in [-0.39, 0.29) is 16.9 Å². The molecule has 1 aromatic heterocycles. The zero-order valence-corrected chi connectivity index (χ0v) is 14.3. The maximum Gasteiger partial charge on any atom is 0.417 e. The number of nitrogens with zero attached hydrogens (tertiary/aromatic N) is 2. The van der Waals surface area contributed by atoms with Gasteiger partial charge in [0, 0.05) is 19.3 Å². The summed E-state index contributed by atoms with van der Waals surface area (Å²) in [6.45, 7) is 6.22. The zero-order chi connectivity index (χ0) is 18.1. The molecule has 2 rings (SSSR count). The van der Waals surface area contributed by atoms with E-state index in [1.54, 1.807) is 25.7 Å². The molecule has 1 fully saturated rings. The number of amides is 1. The van der Waals surface area contributed by atoms with Gasteiger partial charge in [0.15, 0.2) is 0 Å². The second-order valence-corrected chi connectivity index (χ2v) is 7.01. The summed E-state index contributed by atoms with van der Waals surface area (Å²) in [5.41, 5.74) is -1.49. The molecule has 1 atom stereocenters. The topological polar surface area (TPSA) is 54.5 Å². The molecule has 0 spiro atoms. The smallest absolute Gasteiger partial charge is 0.417 e. The molecule has 0 aliphatic carbocycles.